The number of rotatable bonds is 11. The van der Waals surface area contributed by atoms with Crippen molar-refractivity contribution in [2.45, 2.75) is 84.8 Å². The van der Waals surface area contributed by atoms with Crippen molar-refractivity contribution in [3.05, 3.63) is 0 Å². The van der Waals surface area contributed by atoms with E-state index in [1.165, 1.54) is 19.3 Å². The van der Waals surface area contributed by atoms with Gasteiger partial charge in [-0.2, -0.15) is 0 Å². The van der Waals surface area contributed by atoms with Gasteiger partial charge in [-0.1, -0.05) is 26.7 Å². The zero-order chi connectivity index (χ0) is 15.8. The van der Waals surface area contributed by atoms with E-state index in [0.29, 0.717) is 12.1 Å². The number of nitrogens with zero attached hydrogens (tertiary/aromatic N) is 1. The van der Waals surface area contributed by atoms with Gasteiger partial charge in [0.05, 0.1) is 5.54 Å². The number of primary amides is 1. The van der Waals surface area contributed by atoms with Gasteiger partial charge in [-0.3, -0.25) is 9.69 Å². The van der Waals surface area contributed by atoms with Crippen molar-refractivity contribution < 1.29 is 4.79 Å². The fourth-order valence-electron chi connectivity index (χ4n) is 2.89. The molecular formula is C16H35N3O. The molecule has 1 amide bonds. The van der Waals surface area contributed by atoms with Crippen LogP contribution in [0.3, 0.4) is 0 Å². The standard InChI is InChI=1S/C16H35N3O/c1-7-9-10-11-19(13(3)4)14(5)12-16(6,15(17)20)18-8-2/h13-14,18H,7-12H2,1-6H3,(H2,17,20). The second-order valence-corrected chi connectivity index (χ2v) is 6.32. The van der Waals surface area contributed by atoms with Crippen molar-refractivity contribution in [3.8, 4) is 0 Å². The van der Waals surface area contributed by atoms with E-state index in [1.807, 2.05) is 13.8 Å². The summed E-state index contributed by atoms with van der Waals surface area (Å²) < 4.78 is 0. The van der Waals surface area contributed by atoms with E-state index in [0.717, 1.165) is 19.5 Å². The van der Waals surface area contributed by atoms with Crippen molar-refractivity contribution in [2.24, 2.45) is 5.73 Å². The molecule has 0 aliphatic heterocycles. The van der Waals surface area contributed by atoms with Gasteiger partial charge in [0.1, 0.15) is 0 Å². The average Bonchev–Trinajstić information content (AvgIpc) is 2.33. The molecule has 120 valence electrons. The molecular weight excluding hydrogens is 250 g/mol. The molecule has 0 fully saturated rings. The highest BCUT2D eigenvalue weighted by atomic mass is 16.1. The molecule has 0 saturated heterocycles. The van der Waals surface area contributed by atoms with E-state index in [1.54, 1.807) is 0 Å². The summed E-state index contributed by atoms with van der Waals surface area (Å²) in [5.74, 6) is -0.261. The molecule has 20 heavy (non-hydrogen) atoms. The van der Waals surface area contributed by atoms with Gasteiger partial charge in [-0.15, -0.1) is 0 Å². The summed E-state index contributed by atoms with van der Waals surface area (Å²) >= 11 is 0. The Kier molecular flexibility index (Phi) is 9.06. The number of likely N-dealkylation sites (N-methyl/N-ethyl adjacent to an activating group) is 1. The molecule has 0 aromatic heterocycles. The summed E-state index contributed by atoms with van der Waals surface area (Å²) in [4.78, 5) is 14.2. The number of nitrogens with one attached hydrogen (secondary N) is 1. The molecule has 0 radical (unpaired) electrons. The summed E-state index contributed by atoms with van der Waals surface area (Å²) in [6.07, 6.45) is 4.46. The number of hydrogen-bond acceptors (Lipinski definition) is 3. The van der Waals surface area contributed by atoms with E-state index in [-0.39, 0.29) is 5.91 Å². The SMILES string of the molecule is CCCCCN(C(C)C)C(C)CC(C)(NCC)C(N)=O. The molecule has 2 atom stereocenters. The summed E-state index contributed by atoms with van der Waals surface area (Å²) in [5, 5.41) is 3.25. The molecule has 0 aliphatic carbocycles. The number of hydrogen-bond donors (Lipinski definition) is 2. The number of carbonyl (C=O) groups is 1. The Labute approximate surface area is 125 Å². The minimum absolute atomic E-state index is 0.261. The van der Waals surface area contributed by atoms with E-state index < -0.39 is 5.54 Å². The maximum atomic E-state index is 11.7. The van der Waals surface area contributed by atoms with Gasteiger partial charge in [0.25, 0.3) is 0 Å². The highest BCUT2D eigenvalue weighted by molar-refractivity contribution is 5.84. The first kappa shape index (κ1) is 19.4. The van der Waals surface area contributed by atoms with Crippen LogP contribution in [0, 0.1) is 0 Å². The van der Waals surface area contributed by atoms with Crippen LogP contribution in [0.15, 0.2) is 0 Å². The number of unbranched alkanes of at least 4 members (excludes halogenated alkanes) is 2. The van der Waals surface area contributed by atoms with E-state index in [2.05, 4.69) is 37.9 Å². The zero-order valence-electron chi connectivity index (χ0n) is 14.3. The number of nitrogens with two attached hydrogens (primary N) is 1. The lowest BCUT2D eigenvalue weighted by molar-refractivity contribution is -0.124. The van der Waals surface area contributed by atoms with Crippen LogP contribution >= 0.6 is 0 Å². The van der Waals surface area contributed by atoms with Gasteiger partial charge in [-0.25, -0.2) is 0 Å². The number of carbonyl (C=O) groups excluding carboxylic acids is 1. The normalized spacial score (nSPS) is 16.4. The van der Waals surface area contributed by atoms with Gasteiger partial charge in [-0.05, 0) is 53.6 Å². The maximum Gasteiger partial charge on any atom is 0.237 e. The van der Waals surface area contributed by atoms with E-state index in [4.69, 9.17) is 5.73 Å². The lowest BCUT2D eigenvalue weighted by atomic mass is 9.91. The second kappa shape index (κ2) is 9.35. The van der Waals surface area contributed by atoms with Crippen LogP contribution in [0.4, 0.5) is 0 Å². The molecule has 4 nitrogen and oxygen atoms in total. The van der Waals surface area contributed by atoms with Crippen molar-refractivity contribution >= 4 is 5.91 Å². The van der Waals surface area contributed by atoms with Crippen molar-refractivity contribution in [1.29, 1.82) is 0 Å². The molecule has 0 aromatic rings. The lowest BCUT2D eigenvalue weighted by Gasteiger charge is -2.38. The van der Waals surface area contributed by atoms with Gasteiger partial charge in [0, 0.05) is 12.1 Å². The van der Waals surface area contributed by atoms with Crippen LogP contribution in [0.2, 0.25) is 0 Å². The molecule has 2 unspecified atom stereocenters. The van der Waals surface area contributed by atoms with Crippen LogP contribution in [-0.4, -0.2) is 41.5 Å². The third-order valence-corrected chi connectivity index (χ3v) is 4.06. The summed E-state index contributed by atoms with van der Waals surface area (Å²) in [6.45, 7) is 14.6. The summed E-state index contributed by atoms with van der Waals surface area (Å²) in [5.41, 5.74) is 4.96. The quantitative estimate of drug-likeness (QED) is 0.574. The fourth-order valence-corrected chi connectivity index (χ4v) is 2.89. The second-order valence-electron chi connectivity index (χ2n) is 6.32. The molecule has 0 aromatic carbocycles. The van der Waals surface area contributed by atoms with Crippen LogP contribution in [0.25, 0.3) is 0 Å². The predicted molar refractivity (Wildman–Crippen MR) is 86.7 cm³/mol. The minimum Gasteiger partial charge on any atom is -0.368 e. The molecule has 0 aliphatic rings. The Morgan fingerprint density at radius 2 is 1.85 bits per heavy atom. The third-order valence-electron chi connectivity index (χ3n) is 4.06. The monoisotopic (exact) mass is 285 g/mol. The molecule has 0 spiro atoms. The maximum absolute atomic E-state index is 11.7. The van der Waals surface area contributed by atoms with Crippen LogP contribution in [0.5, 0.6) is 0 Å². The van der Waals surface area contributed by atoms with Gasteiger partial charge < -0.3 is 11.1 Å². The first-order valence-electron chi connectivity index (χ1n) is 8.09. The molecule has 4 heteroatoms. The highest BCUT2D eigenvalue weighted by Gasteiger charge is 2.33. The van der Waals surface area contributed by atoms with Crippen molar-refractivity contribution in [1.82, 2.24) is 10.2 Å². The largest absolute Gasteiger partial charge is 0.368 e. The van der Waals surface area contributed by atoms with Crippen molar-refractivity contribution in [2.75, 3.05) is 13.1 Å². The minimum atomic E-state index is -0.619. The first-order valence-corrected chi connectivity index (χ1v) is 8.09. The molecule has 0 rings (SSSR count). The zero-order valence-corrected chi connectivity index (χ0v) is 14.3. The molecule has 0 saturated carbocycles. The Balaban J connectivity index is 4.71. The molecule has 0 heterocycles. The van der Waals surface area contributed by atoms with E-state index in [9.17, 15) is 4.79 Å². The first-order chi connectivity index (χ1) is 9.28. The van der Waals surface area contributed by atoms with Gasteiger partial charge in [0.15, 0.2) is 0 Å². The summed E-state index contributed by atoms with van der Waals surface area (Å²) in [6, 6.07) is 0.823. The fraction of sp³-hybridized carbons (Fsp3) is 0.938. The smallest absolute Gasteiger partial charge is 0.237 e. The predicted octanol–water partition coefficient (Wildman–Crippen LogP) is 2.52. The van der Waals surface area contributed by atoms with Crippen molar-refractivity contribution in [3.63, 3.8) is 0 Å². The highest BCUT2D eigenvalue weighted by Crippen LogP contribution is 2.19. The van der Waals surface area contributed by atoms with Crippen LogP contribution in [0.1, 0.15) is 67.2 Å². The Morgan fingerprint density at radius 3 is 2.25 bits per heavy atom. The Hall–Kier alpha value is -0.610. The summed E-state index contributed by atoms with van der Waals surface area (Å²) in [7, 11) is 0. The topological polar surface area (TPSA) is 58.4 Å². The van der Waals surface area contributed by atoms with E-state index >= 15 is 0 Å². The van der Waals surface area contributed by atoms with Crippen LogP contribution in [-0.2, 0) is 4.79 Å². The Morgan fingerprint density at radius 1 is 1.25 bits per heavy atom. The molecule has 3 N–H and O–H groups in total. The van der Waals surface area contributed by atoms with Gasteiger partial charge in [0.2, 0.25) is 5.91 Å². The Bertz CT molecular complexity index is 281. The van der Waals surface area contributed by atoms with Crippen LogP contribution < -0.4 is 11.1 Å². The molecule has 0 bridgehead atoms. The van der Waals surface area contributed by atoms with Gasteiger partial charge >= 0.3 is 0 Å². The number of amides is 1. The average molecular weight is 285 g/mol. The lowest BCUT2D eigenvalue weighted by Crippen LogP contribution is -2.56. The third kappa shape index (κ3) is 6.23.